The van der Waals surface area contributed by atoms with Crippen LogP contribution < -0.4 is 10.1 Å². The standard InChI is InChI=1S/C25H34N2O7S/c1-3-12-26-25(29)23-17-20(19-6-4-5-7-19)18-24(34-23)33-16-14-27(13-15-28)35(30,31)22-10-8-21(32-2)9-11-22/h1,8-11,17,19-20,24,28H,4-7,12-16,18H2,2H3,(H,26,29)/t20-,24+/m1/s1. The van der Waals surface area contributed by atoms with Crippen LogP contribution in [0.15, 0.2) is 41.0 Å². The number of hydrogen-bond donors (Lipinski definition) is 2. The molecule has 192 valence electrons. The van der Waals surface area contributed by atoms with E-state index in [-0.39, 0.29) is 55.3 Å². The number of aliphatic hydroxyl groups excluding tert-OH is 1. The van der Waals surface area contributed by atoms with Crippen molar-refractivity contribution in [3.63, 3.8) is 0 Å². The summed E-state index contributed by atoms with van der Waals surface area (Å²) >= 11 is 0. The summed E-state index contributed by atoms with van der Waals surface area (Å²) in [5.41, 5.74) is 0. The van der Waals surface area contributed by atoms with E-state index in [1.165, 1.54) is 36.4 Å². The van der Waals surface area contributed by atoms with Gasteiger partial charge in [0.1, 0.15) is 5.75 Å². The summed E-state index contributed by atoms with van der Waals surface area (Å²) in [5, 5.41) is 12.1. The molecule has 2 aliphatic rings. The lowest BCUT2D eigenvalue weighted by atomic mass is 9.86. The number of carbonyl (C=O) groups excluding carboxylic acids is 1. The van der Waals surface area contributed by atoms with Crippen molar-refractivity contribution in [2.24, 2.45) is 11.8 Å². The Labute approximate surface area is 207 Å². The number of methoxy groups -OCH3 is 1. The van der Waals surface area contributed by atoms with Crippen LogP contribution in [0.1, 0.15) is 32.1 Å². The third kappa shape index (κ3) is 7.21. The molecule has 1 aromatic carbocycles. The molecule has 1 saturated carbocycles. The van der Waals surface area contributed by atoms with Gasteiger partial charge in [0.2, 0.25) is 16.3 Å². The first-order chi connectivity index (χ1) is 16.9. The van der Waals surface area contributed by atoms with Crippen molar-refractivity contribution >= 4 is 15.9 Å². The van der Waals surface area contributed by atoms with E-state index in [2.05, 4.69) is 11.2 Å². The Hall–Kier alpha value is -2.58. The summed E-state index contributed by atoms with van der Waals surface area (Å²) in [7, 11) is -2.34. The quantitative estimate of drug-likeness (QED) is 0.416. The average molecular weight is 507 g/mol. The molecule has 2 N–H and O–H groups in total. The largest absolute Gasteiger partial charge is 0.497 e. The molecule has 3 rings (SSSR count). The van der Waals surface area contributed by atoms with Gasteiger partial charge < -0.3 is 24.6 Å². The second kappa shape index (κ2) is 12.9. The van der Waals surface area contributed by atoms with E-state index in [1.807, 2.05) is 6.08 Å². The van der Waals surface area contributed by atoms with Gasteiger partial charge in [-0.15, -0.1) is 6.42 Å². The van der Waals surface area contributed by atoms with Gasteiger partial charge in [0.05, 0.1) is 31.8 Å². The van der Waals surface area contributed by atoms with Crippen LogP contribution in [0.3, 0.4) is 0 Å². The van der Waals surface area contributed by atoms with Gasteiger partial charge in [-0.2, -0.15) is 4.31 Å². The summed E-state index contributed by atoms with van der Waals surface area (Å²) in [6.07, 6.45) is 11.5. The minimum Gasteiger partial charge on any atom is -0.497 e. The Morgan fingerprint density at radius 2 is 1.97 bits per heavy atom. The third-order valence-corrected chi connectivity index (χ3v) is 8.27. The number of ether oxygens (including phenoxy) is 3. The van der Waals surface area contributed by atoms with E-state index >= 15 is 0 Å². The molecule has 9 nitrogen and oxygen atoms in total. The molecular formula is C25H34N2O7S. The minimum atomic E-state index is -3.85. The number of amides is 1. The van der Waals surface area contributed by atoms with E-state index < -0.39 is 16.3 Å². The molecule has 1 amide bonds. The van der Waals surface area contributed by atoms with Crippen LogP contribution in [0, 0.1) is 24.2 Å². The number of benzene rings is 1. The van der Waals surface area contributed by atoms with Gasteiger partial charge >= 0.3 is 0 Å². The zero-order chi connectivity index (χ0) is 25.3. The SMILES string of the molecule is C#CCNC(=O)C1=C[C@@H](C2CCCC2)C[C@@H](OCCN(CCO)S(=O)(=O)c2ccc(OC)cc2)O1. The summed E-state index contributed by atoms with van der Waals surface area (Å²) in [5.74, 6) is 3.31. The Morgan fingerprint density at radius 1 is 1.26 bits per heavy atom. The van der Waals surface area contributed by atoms with E-state index in [4.69, 9.17) is 20.6 Å². The lowest BCUT2D eigenvalue weighted by Gasteiger charge is -2.32. The molecule has 1 fully saturated rings. The Morgan fingerprint density at radius 3 is 2.60 bits per heavy atom. The Kier molecular flexibility index (Phi) is 9.98. The second-order valence-electron chi connectivity index (χ2n) is 8.58. The van der Waals surface area contributed by atoms with Crippen molar-refractivity contribution < 1.29 is 32.5 Å². The number of nitrogens with zero attached hydrogens (tertiary/aromatic N) is 1. The second-order valence-corrected chi connectivity index (χ2v) is 10.5. The van der Waals surface area contributed by atoms with Crippen LogP contribution in [-0.2, 0) is 24.3 Å². The number of sulfonamides is 1. The fourth-order valence-electron chi connectivity index (χ4n) is 4.52. The van der Waals surface area contributed by atoms with Crippen molar-refractivity contribution in [1.82, 2.24) is 9.62 Å². The molecule has 0 unspecified atom stereocenters. The molecule has 1 aliphatic heterocycles. The lowest BCUT2D eigenvalue weighted by molar-refractivity contribution is -0.151. The van der Waals surface area contributed by atoms with Gasteiger partial charge in [-0.05, 0) is 55.0 Å². The van der Waals surface area contributed by atoms with E-state index in [0.29, 0.717) is 18.1 Å². The van der Waals surface area contributed by atoms with Crippen molar-refractivity contribution in [3.05, 3.63) is 36.1 Å². The number of rotatable bonds is 12. The maximum Gasteiger partial charge on any atom is 0.286 e. The maximum atomic E-state index is 13.1. The molecule has 1 aliphatic carbocycles. The van der Waals surface area contributed by atoms with Crippen LogP contribution in [0.25, 0.3) is 0 Å². The molecule has 0 saturated heterocycles. The van der Waals surface area contributed by atoms with Crippen LogP contribution in [0.5, 0.6) is 5.75 Å². The number of aliphatic hydroxyl groups is 1. The third-order valence-electron chi connectivity index (χ3n) is 6.36. The van der Waals surface area contributed by atoms with Gasteiger partial charge in [0, 0.05) is 19.5 Å². The molecular weight excluding hydrogens is 472 g/mol. The highest BCUT2D eigenvalue weighted by atomic mass is 32.2. The molecule has 0 radical (unpaired) electrons. The van der Waals surface area contributed by atoms with Gasteiger partial charge in [-0.25, -0.2) is 8.42 Å². The molecule has 10 heteroatoms. The fraction of sp³-hybridized carbons (Fsp3) is 0.560. The van der Waals surface area contributed by atoms with Crippen LogP contribution in [-0.4, -0.2) is 70.0 Å². The highest BCUT2D eigenvalue weighted by Crippen LogP contribution is 2.38. The molecule has 35 heavy (non-hydrogen) atoms. The smallest absolute Gasteiger partial charge is 0.286 e. The van der Waals surface area contributed by atoms with Crippen LogP contribution in [0.2, 0.25) is 0 Å². The Balaban J connectivity index is 1.65. The summed E-state index contributed by atoms with van der Waals surface area (Å²) < 4.78 is 44.1. The van der Waals surface area contributed by atoms with E-state index in [1.54, 1.807) is 12.1 Å². The average Bonchev–Trinajstić information content (AvgIpc) is 3.42. The number of allylic oxidation sites excluding steroid dienone is 1. The first-order valence-electron chi connectivity index (χ1n) is 11.9. The first kappa shape index (κ1) is 27.0. The summed E-state index contributed by atoms with van der Waals surface area (Å²) in [4.78, 5) is 12.6. The monoisotopic (exact) mass is 506 g/mol. The van der Waals surface area contributed by atoms with Crippen LogP contribution >= 0.6 is 0 Å². The molecule has 0 spiro atoms. The van der Waals surface area contributed by atoms with Crippen LogP contribution in [0.4, 0.5) is 0 Å². The molecule has 1 heterocycles. The molecule has 0 bridgehead atoms. The number of carbonyl (C=O) groups is 1. The number of hydrogen-bond acceptors (Lipinski definition) is 7. The molecule has 2 atom stereocenters. The predicted octanol–water partition coefficient (Wildman–Crippen LogP) is 1.88. The van der Waals surface area contributed by atoms with Gasteiger partial charge in [-0.3, -0.25) is 4.79 Å². The van der Waals surface area contributed by atoms with Gasteiger partial charge in [0.15, 0.2) is 5.76 Å². The van der Waals surface area contributed by atoms with Gasteiger partial charge in [-0.1, -0.05) is 18.8 Å². The zero-order valence-electron chi connectivity index (χ0n) is 20.0. The highest BCUT2D eigenvalue weighted by Gasteiger charge is 2.34. The lowest BCUT2D eigenvalue weighted by Crippen LogP contribution is -2.38. The molecule has 1 aromatic rings. The Bertz CT molecular complexity index is 1010. The zero-order valence-corrected chi connectivity index (χ0v) is 20.8. The molecule has 0 aromatic heterocycles. The highest BCUT2D eigenvalue weighted by molar-refractivity contribution is 7.89. The van der Waals surface area contributed by atoms with Crippen molar-refractivity contribution in [2.45, 2.75) is 43.3 Å². The minimum absolute atomic E-state index is 0.0191. The predicted molar refractivity (Wildman–Crippen MR) is 130 cm³/mol. The number of terminal acetylenes is 1. The maximum absolute atomic E-state index is 13.1. The number of nitrogens with one attached hydrogen (secondary N) is 1. The first-order valence-corrected chi connectivity index (χ1v) is 13.3. The van der Waals surface area contributed by atoms with E-state index in [9.17, 15) is 18.3 Å². The normalized spacial score (nSPS) is 20.7. The van der Waals surface area contributed by atoms with Crippen molar-refractivity contribution in [3.8, 4) is 18.1 Å². The van der Waals surface area contributed by atoms with Gasteiger partial charge in [0.25, 0.3) is 5.91 Å². The fourth-order valence-corrected chi connectivity index (χ4v) is 5.94. The summed E-state index contributed by atoms with van der Waals surface area (Å²) in [6, 6.07) is 6.06. The topological polar surface area (TPSA) is 114 Å². The van der Waals surface area contributed by atoms with Crippen molar-refractivity contribution in [1.29, 1.82) is 0 Å². The van der Waals surface area contributed by atoms with E-state index in [0.717, 1.165) is 12.8 Å². The summed E-state index contributed by atoms with van der Waals surface area (Å²) in [6.45, 7) is -0.255. The van der Waals surface area contributed by atoms with Crippen molar-refractivity contribution in [2.75, 3.05) is 40.0 Å².